The van der Waals surface area contributed by atoms with Crippen molar-refractivity contribution in [1.82, 2.24) is 19.1 Å². The summed E-state index contributed by atoms with van der Waals surface area (Å²) < 4.78 is 4.68. The van der Waals surface area contributed by atoms with E-state index in [9.17, 15) is 0 Å². The highest BCUT2D eigenvalue weighted by molar-refractivity contribution is 5.77. The van der Waals surface area contributed by atoms with Gasteiger partial charge >= 0.3 is 0 Å². The van der Waals surface area contributed by atoms with Crippen LogP contribution in [-0.4, -0.2) is 19.1 Å². The summed E-state index contributed by atoms with van der Waals surface area (Å²) >= 11 is 0. The highest BCUT2D eigenvalue weighted by Gasteiger charge is 2.72. The molecule has 2 aromatic heterocycles. The van der Waals surface area contributed by atoms with E-state index in [1.165, 1.54) is 11.0 Å². The SMILES string of the molecule is Cn1c(C2C(C)(C)C(C)(C)C(C)(C)C(C)(C)C2(C)c2nc3ccccc3n2C)nc2ccccc21. The molecule has 2 aromatic carbocycles. The summed E-state index contributed by atoms with van der Waals surface area (Å²) in [5.41, 5.74) is 4.06. The third-order valence-electron chi connectivity index (χ3n) is 11.7. The lowest BCUT2D eigenvalue weighted by Gasteiger charge is -2.72. The van der Waals surface area contributed by atoms with E-state index in [-0.39, 0.29) is 33.0 Å². The number of hydrogen-bond acceptors (Lipinski definition) is 2. The minimum Gasteiger partial charge on any atom is -0.331 e. The zero-order valence-electron chi connectivity index (χ0n) is 23.5. The molecule has 0 spiro atoms. The molecule has 0 radical (unpaired) electrons. The van der Waals surface area contributed by atoms with Crippen LogP contribution in [0.5, 0.6) is 0 Å². The van der Waals surface area contributed by atoms with Crippen LogP contribution in [0, 0.1) is 21.7 Å². The third-order valence-corrected chi connectivity index (χ3v) is 11.7. The quantitative estimate of drug-likeness (QED) is 0.302. The Hall–Kier alpha value is -2.62. The summed E-state index contributed by atoms with van der Waals surface area (Å²) in [6.07, 6.45) is 0. The molecule has 4 aromatic rings. The van der Waals surface area contributed by atoms with E-state index >= 15 is 0 Å². The summed E-state index contributed by atoms with van der Waals surface area (Å²) in [5, 5.41) is 0. The standard InChI is InChI=1S/C31H42N4/c1-27(2)24(25-32-20-16-12-14-18-22(20)34(25)10)31(9,30(7,8)29(5,6)28(27,3)4)26-33-21-17-13-15-19-23(21)35(26)11/h12-19,24H,1-11H3. The second-order valence-electron chi connectivity index (χ2n) is 13.2. The molecule has 2 unspecified atom stereocenters. The Bertz CT molecular complexity index is 1450. The predicted molar refractivity (Wildman–Crippen MR) is 147 cm³/mol. The molecule has 1 saturated carbocycles. The van der Waals surface area contributed by atoms with Crippen LogP contribution in [0.1, 0.15) is 79.9 Å². The van der Waals surface area contributed by atoms with E-state index < -0.39 is 0 Å². The first-order valence-corrected chi connectivity index (χ1v) is 13.0. The van der Waals surface area contributed by atoms with Gasteiger partial charge in [-0.1, -0.05) is 86.6 Å². The highest BCUT2D eigenvalue weighted by atomic mass is 15.1. The lowest BCUT2D eigenvalue weighted by molar-refractivity contribution is -0.205. The smallest absolute Gasteiger partial charge is 0.116 e. The Morgan fingerprint density at radius 3 is 1.60 bits per heavy atom. The van der Waals surface area contributed by atoms with Crippen molar-refractivity contribution in [3.63, 3.8) is 0 Å². The van der Waals surface area contributed by atoms with E-state index in [0.717, 1.165) is 22.7 Å². The number of imidazole rings is 2. The summed E-state index contributed by atoms with van der Waals surface area (Å²) in [6, 6.07) is 17.1. The van der Waals surface area contributed by atoms with Crippen LogP contribution in [-0.2, 0) is 19.5 Å². The lowest BCUT2D eigenvalue weighted by atomic mass is 9.31. The normalized spacial score (nSPS) is 26.9. The number of aromatic nitrogens is 4. The van der Waals surface area contributed by atoms with Crippen LogP contribution in [0.25, 0.3) is 22.1 Å². The molecule has 4 nitrogen and oxygen atoms in total. The maximum Gasteiger partial charge on any atom is 0.116 e. The van der Waals surface area contributed by atoms with Gasteiger partial charge in [0.15, 0.2) is 0 Å². The van der Waals surface area contributed by atoms with Gasteiger partial charge in [0.25, 0.3) is 0 Å². The van der Waals surface area contributed by atoms with Gasteiger partial charge in [-0.25, -0.2) is 9.97 Å². The van der Waals surface area contributed by atoms with Gasteiger partial charge in [0, 0.05) is 25.4 Å². The van der Waals surface area contributed by atoms with Gasteiger partial charge in [-0.3, -0.25) is 0 Å². The third kappa shape index (κ3) is 2.64. The van der Waals surface area contributed by atoms with Crippen LogP contribution < -0.4 is 0 Å². The molecular weight excluding hydrogens is 428 g/mol. The minimum atomic E-state index is -0.293. The minimum absolute atomic E-state index is 0.0114. The average Bonchev–Trinajstić information content (AvgIpc) is 3.30. The van der Waals surface area contributed by atoms with E-state index in [1.807, 2.05) is 0 Å². The van der Waals surface area contributed by atoms with Gasteiger partial charge < -0.3 is 9.13 Å². The second-order valence-corrected chi connectivity index (χ2v) is 13.2. The van der Waals surface area contributed by atoms with Gasteiger partial charge in [0.2, 0.25) is 0 Å². The molecule has 0 N–H and O–H groups in total. The summed E-state index contributed by atoms with van der Waals surface area (Å²) in [7, 11) is 4.38. The molecule has 2 heterocycles. The van der Waals surface area contributed by atoms with Gasteiger partial charge in [-0.05, 0) is 45.9 Å². The molecular formula is C31H42N4. The molecule has 2 atom stereocenters. The van der Waals surface area contributed by atoms with Gasteiger partial charge in [0.05, 0.1) is 22.1 Å². The van der Waals surface area contributed by atoms with Crippen LogP contribution in [0.3, 0.4) is 0 Å². The lowest BCUT2D eigenvalue weighted by Crippen LogP contribution is -2.69. The molecule has 5 rings (SSSR count). The number of benzene rings is 2. The number of rotatable bonds is 2. The maximum atomic E-state index is 5.37. The summed E-state index contributed by atoms with van der Waals surface area (Å²) in [4.78, 5) is 10.7. The molecule has 35 heavy (non-hydrogen) atoms. The van der Waals surface area contributed by atoms with Gasteiger partial charge in [-0.2, -0.15) is 0 Å². The molecule has 0 bridgehead atoms. The highest BCUT2D eigenvalue weighted by Crippen LogP contribution is 2.76. The fourth-order valence-corrected chi connectivity index (χ4v) is 7.70. The molecule has 1 aliphatic carbocycles. The first kappa shape index (κ1) is 24.1. The molecule has 1 fully saturated rings. The number of aryl methyl sites for hydroxylation is 2. The second kappa shape index (κ2) is 6.99. The van der Waals surface area contributed by atoms with Crippen LogP contribution in [0.2, 0.25) is 0 Å². The number of hydrogen-bond donors (Lipinski definition) is 0. The van der Waals surface area contributed by atoms with Gasteiger partial charge in [-0.15, -0.1) is 0 Å². The predicted octanol–water partition coefficient (Wildman–Crippen LogP) is 7.62. The molecule has 1 aliphatic rings. The Morgan fingerprint density at radius 2 is 1.09 bits per heavy atom. The zero-order valence-corrected chi connectivity index (χ0v) is 23.5. The zero-order chi connectivity index (χ0) is 25.8. The summed E-state index contributed by atoms with van der Waals surface area (Å²) in [5.74, 6) is 2.45. The number of nitrogens with zero attached hydrogens (tertiary/aromatic N) is 4. The number of fused-ring (bicyclic) bond motifs is 2. The van der Waals surface area contributed by atoms with Gasteiger partial charge in [0.1, 0.15) is 11.6 Å². The molecule has 0 amide bonds. The molecule has 0 aliphatic heterocycles. The van der Waals surface area contributed by atoms with E-state index in [4.69, 9.17) is 9.97 Å². The molecule has 4 heteroatoms. The van der Waals surface area contributed by atoms with Crippen molar-refractivity contribution in [2.45, 2.75) is 73.6 Å². The van der Waals surface area contributed by atoms with E-state index in [2.05, 4.69) is 134 Å². The van der Waals surface area contributed by atoms with Crippen LogP contribution in [0.15, 0.2) is 48.5 Å². The Morgan fingerprint density at radius 1 is 0.600 bits per heavy atom. The molecule has 186 valence electrons. The summed E-state index contributed by atoms with van der Waals surface area (Å²) in [6.45, 7) is 22.2. The van der Waals surface area contributed by atoms with Crippen molar-refractivity contribution in [1.29, 1.82) is 0 Å². The maximum absolute atomic E-state index is 5.37. The topological polar surface area (TPSA) is 35.6 Å². The molecule has 0 saturated heterocycles. The fourth-order valence-electron chi connectivity index (χ4n) is 7.70. The van der Waals surface area contributed by atoms with Crippen molar-refractivity contribution >= 4 is 22.1 Å². The monoisotopic (exact) mass is 470 g/mol. The average molecular weight is 471 g/mol. The van der Waals surface area contributed by atoms with Crippen molar-refractivity contribution in [3.8, 4) is 0 Å². The van der Waals surface area contributed by atoms with Crippen molar-refractivity contribution in [2.75, 3.05) is 0 Å². The van der Waals surface area contributed by atoms with Crippen LogP contribution >= 0.6 is 0 Å². The fraction of sp³-hybridized carbons (Fsp3) is 0.548. The Kier molecular flexibility index (Phi) is 4.81. The van der Waals surface area contributed by atoms with E-state index in [0.29, 0.717) is 0 Å². The number of para-hydroxylation sites is 4. The largest absolute Gasteiger partial charge is 0.331 e. The van der Waals surface area contributed by atoms with Crippen molar-refractivity contribution in [2.24, 2.45) is 35.8 Å². The Balaban J connectivity index is 1.94. The first-order valence-electron chi connectivity index (χ1n) is 13.0. The first-order chi connectivity index (χ1) is 16.1. The van der Waals surface area contributed by atoms with Crippen molar-refractivity contribution < 1.29 is 0 Å². The van der Waals surface area contributed by atoms with Crippen molar-refractivity contribution in [3.05, 3.63) is 60.2 Å². The van der Waals surface area contributed by atoms with Crippen LogP contribution in [0.4, 0.5) is 0 Å². The Labute approximate surface area is 210 Å². The van der Waals surface area contributed by atoms with E-state index in [1.54, 1.807) is 0 Å².